The highest BCUT2D eigenvalue weighted by molar-refractivity contribution is 5.95. The van der Waals surface area contributed by atoms with Gasteiger partial charge in [-0.05, 0) is 50.5 Å². The Labute approximate surface area is 129 Å². The van der Waals surface area contributed by atoms with Gasteiger partial charge in [0.15, 0.2) is 0 Å². The van der Waals surface area contributed by atoms with Crippen LogP contribution < -0.4 is 0 Å². The highest BCUT2D eigenvalue weighted by atomic mass is 19.1. The minimum absolute atomic E-state index is 0.288. The van der Waals surface area contributed by atoms with Crippen molar-refractivity contribution in [3.05, 3.63) is 59.9 Å². The van der Waals surface area contributed by atoms with Gasteiger partial charge in [-0.25, -0.2) is 9.37 Å². The van der Waals surface area contributed by atoms with Crippen molar-refractivity contribution >= 4 is 5.71 Å². The number of aryl methyl sites for hydroxylation is 2. The molecule has 4 nitrogen and oxygen atoms in total. The monoisotopic (exact) mass is 296 g/mol. The van der Waals surface area contributed by atoms with E-state index in [1.54, 1.807) is 29.2 Å². The van der Waals surface area contributed by atoms with Crippen molar-refractivity contribution in [1.29, 1.82) is 5.26 Å². The molecule has 0 aliphatic heterocycles. The highest BCUT2D eigenvalue weighted by Gasteiger charge is 2.08. The molecule has 0 fully saturated rings. The summed E-state index contributed by atoms with van der Waals surface area (Å²) in [5.41, 5.74) is 2.19. The van der Waals surface area contributed by atoms with Crippen LogP contribution in [-0.2, 0) is 6.42 Å². The molecule has 0 unspecified atom stereocenters. The summed E-state index contributed by atoms with van der Waals surface area (Å²) in [6, 6.07) is 5.02. The number of aliphatic imine (C=N–C) groups is 1. The van der Waals surface area contributed by atoms with Gasteiger partial charge in [-0.3, -0.25) is 0 Å². The summed E-state index contributed by atoms with van der Waals surface area (Å²) in [7, 11) is 0. The minimum Gasteiger partial charge on any atom is -0.301 e. The molecule has 2 aromatic rings. The first-order valence-corrected chi connectivity index (χ1v) is 7.02. The Bertz CT molecular complexity index is 750. The summed E-state index contributed by atoms with van der Waals surface area (Å²) in [6.07, 6.45) is 10.2. The number of aromatic nitrogens is 2. The Hall–Kier alpha value is -2.74. The molecule has 0 radical (unpaired) electrons. The Balaban J connectivity index is 2.22. The van der Waals surface area contributed by atoms with Crippen LogP contribution in [-0.4, -0.2) is 15.3 Å². The number of halogens is 1. The fraction of sp³-hybridized carbons (Fsp3) is 0.235. The summed E-state index contributed by atoms with van der Waals surface area (Å²) in [5, 5.41) is 8.67. The van der Waals surface area contributed by atoms with E-state index in [1.165, 1.54) is 6.07 Å². The lowest BCUT2D eigenvalue weighted by molar-refractivity contribution is 0.615. The predicted molar refractivity (Wildman–Crippen MR) is 84.4 cm³/mol. The number of rotatable bonds is 5. The summed E-state index contributed by atoms with van der Waals surface area (Å²) in [5.74, 6) is 0.445. The molecule has 0 aliphatic carbocycles. The van der Waals surface area contributed by atoms with Crippen LogP contribution in [0.2, 0.25) is 0 Å². The van der Waals surface area contributed by atoms with Crippen LogP contribution in [0.5, 0.6) is 0 Å². The zero-order valence-electron chi connectivity index (χ0n) is 12.6. The molecule has 0 saturated heterocycles. The van der Waals surface area contributed by atoms with Crippen LogP contribution in [0.3, 0.4) is 0 Å². The van der Waals surface area contributed by atoms with Gasteiger partial charge in [0.05, 0.1) is 11.4 Å². The fourth-order valence-corrected chi connectivity index (χ4v) is 2.24. The first-order valence-electron chi connectivity index (χ1n) is 7.02. The van der Waals surface area contributed by atoms with Crippen LogP contribution in [0.15, 0.2) is 47.7 Å². The van der Waals surface area contributed by atoms with Gasteiger partial charge < -0.3 is 4.57 Å². The quantitative estimate of drug-likeness (QED) is 0.623. The van der Waals surface area contributed by atoms with E-state index in [2.05, 4.69) is 9.98 Å². The molecule has 0 N–H and O–H groups in total. The van der Waals surface area contributed by atoms with E-state index in [9.17, 15) is 4.39 Å². The average molecular weight is 296 g/mol. The molecule has 0 aliphatic rings. The molecular formula is C17H17FN4. The molecule has 0 atom stereocenters. The molecule has 0 amide bonds. The maximum Gasteiger partial charge on any atom is 0.205 e. The normalized spacial score (nSPS) is 11.8. The molecule has 1 heterocycles. The smallest absolute Gasteiger partial charge is 0.205 e. The van der Waals surface area contributed by atoms with Crippen molar-refractivity contribution in [1.82, 2.24) is 9.55 Å². The lowest BCUT2D eigenvalue weighted by Crippen LogP contribution is -2.02. The number of hydrogen-bond donors (Lipinski definition) is 0. The maximum absolute atomic E-state index is 14.0. The molecule has 0 spiro atoms. The first kappa shape index (κ1) is 15.6. The first-order chi connectivity index (χ1) is 10.7. The molecular weight excluding hydrogens is 279 g/mol. The second kappa shape index (κ2) is 7.32. The number of nitrogens with zero attached hydrogens (tertiary/aromatic N) is 4. The number of allylic oxidation sites excluding steroid dienone is 2. The molecule has 2 rings (SSSR count). The van der Waals surface area contributed by atoms with Gasteiger partial charge >= 0.3 is 0 Å². The van der Waals surface area contributed by atoms with Crippen LogP contribution in [0.1, 0.15) is 24.7 Å². The third kappa shape index (κ3) is 3.67. The van der Waals surface area contributed by atoms with Crippen molar-refractivity contribution in [3.8, 4) is 11.9 Å². The summed E-state index contributed by atoms with van der Waals surface area (Å²) in [6.45, 7) is 3.71. The van der Waals surface area contributed by atoms with Crippen LogP contribution >= 0.6 is 0 Å². The number of nitriles is 1. The Morgan fingerprint density at radius 2 is 2.32 bits per heavy atom. The van der Waals surface area contributed by atoms with E-state index in [1.807, 2.05) is 32.1 Å². The van der Waals surface area contributed by atoms with E-state index in [0.717, 1.165) is 17.1 Å². The summed E-state index contributed by atoms with van der Waals surface area (Å²) < 4.78 is 15.7. The fourth-order valence-electron chi connectivity index (χ4n) is 2.24. The van der Waals surface area contributed by atoms with Gasteiger partial charge in [-0.15, -0.1) is 0 Å². The minimum atomic E-state index is -0.288. The van der Waals surface area contributed by atoms with E-state index >= 15 is 0 Å². The lowest BCUT2D eigenvalue weighted by atomic mass is 10.1. The van der Waals surface area contributed by atoms with E-state index in [4.69, 9.17) is 5.26 Å². The Morgan fingerprint density at radius 1 is 1.50 bits per heavy atom. The lowest BCUT2D eigenvalue weighted by Gasteiger charge is -2.09. The van der Waals surface area contributed by atoms with Gasteiger partial charge in [0.1, 0.15) is 11.6 Å². The van der Waals surface area contributed by atoms with Gasteiger partial charge in [-0.2, -0.15) is 10.3 Å². The van der Waals surface area contributed by atoms with E-state index in [0.29, 0.717) is 18.5 Å². The highest BCUT2D eigenvalue weighted by Crippen LogP contribution is 2.18. The van der Waals surface area contributed by atoms with Gasteiger partial charge in [0.2, 0.25) is 6.19 Å². The number of imidazole rings is 1. The second-order valence-electron chi connectivity index (χ2n) is 4.83. The summed E-state index contributed by atoms with van der Waals surface area (Å²) in [4.78, 5) is 7.90. The van der Waals surface area contributed by atoms with Crippen LogP contribution in [0.4, 0.5) is 4.39 Å². The van der Waals surface area contributed by atoms with Crippen molar-refractivity contribution in [2.24, 2.45) is 4.99 Å². The predicted octanol–water partition coefficient (Wildman–Crippen LogP) is 3.75. The molecule has 0 saturated carbocycles. The third-order valence-electron chi connectivity index (χ3n) is 3.32. The van der Waals surface area contributed by atoms with Crippen LogP contribution in [0.25, 0.3) is 5.69 Å². The molecule has 0 bridgehead atoms. The number of benzene rings is 1. The SMILES string of the molecule is C/C=C\C(CCc1ccc(F)c(-n2ccnc2C)c1)=NC#N. The molecule has 112 valence electrons. The van der Waals surface area contributed by atoms with Crippen molar-refractivity contribution < 1.29 is 4.39 Å². The zero-order valence-corrected chi connectivity index (χ0v) is 12.6. The van der Waals surface area contributed by atoms with E-state index < -0.39 is 0 Å². The molecule has 1 aromatic heterocycles. The number of hydrogen-bond acceptors (Lipinski definition) is 3. The van der Waals surface area contributed by atoms with Crippen molar-refractivity contribution in [2.75, 3.05) is 0 Å². The zero-order chi connectivity index (χ0) is 15.9. The second-order valence-corrected chi connectivity index (χ2v) is 4.83. The van der Waals surface area contributed by atoms with Gasteiger partial charge in [-0.1, -0.05) is 12.1 Å². The molecule has 1 aromatic carbocycles. The Morgan fingerprint density at radius 3 is 2.95 bits per heavy atom. The van der Waals surface area contributed by atoms with Crippen molar-refractivity contribution in [2.45, 2.75) is 26.7 Å². The third-order valence-corrected chi connectivity index (χ3v) is 3.32. The largest absolute Gasteiger partial charge is 0.301 e. The maximum atomic E-state index is 14.0. The Kier molecular flexibility index (Phi) is 5.21. The molecule has 5 heteroatoms. The van der Waals surface area contributed by atoms with Gasteiger partial charge in [0.25, 0.3) is 0 Å². The summed E-state index contributed by atoms with van der Waals surface area (Å²) >= 11 is 0. The van der Waals surface area contributed by atoms with Gasteiger partial charge in [0, 0.05) is 12.4 Å². The average Bonchev–Trinajstić information content (AvgIpc) is 2.92. The molecule has 22 heavy (non-hydrogen) atoms. The topological polar surface area (TPSA) is 54.0 Å². The van der Waals surface area contributed by atoms with E-state index in [-0.39, 0.29) is 5.82 Å². The van der Waals surface area contributed by atoms with Crippen LogP contribution in [0, 0.1) is 24.2 Å². The standard InChI is InChI=1S/C17H17FN4/c1-3-4-15(21-12-19)7-5-14-6-8-16(18)17(11-14)22-10-9-20-13(22)2/h3-4,6,8-11H,5,7H2,1-2H3/b4-3-,21-15?. The van der Waals surface area contributed by atoms with Crippen molar-refractivity contribution in [3.63, 3.8) is 0 Å².